The van der Waals surface area contributed by atoms with Gasteiger partial charge in [0.1, 0.15) is 0 Å². The average molecular weight is 186 g/mol. The molecule has 3 heteroatoms. The van der Waals surface area contributed by atoms with Crippen molar-refractivity contribution >= 4 is 0 Å². The number of nitrogens with zero attached hydrogens (tertiary/aromatic N) is 1. The maximum Gasteiger partial charge on any atom is 0.0664 e. The van der Waals surface area contributed by atoms with Crippen LogP contribution in [-0.4, -0.2) is 41.8 Å². The Balaban J connectivity index is 2.29. The van der Waals surface area contributed by atoms with E-state index in [-0.39, 0.29) is 12.1 Å². The number of hydrogen-bond donors (Lipinski definition) is 2. The minimum Gasteiger partial charge on any atom is -0.392 e. The molecule has 3 unspecified atom stereocenters. The molecule has 0 bridgehead atoms. The summed E-state index contributed by atoms with van der Waals surface area (Å²) in [7, 11) is 0. The van der Waals surface area contributed by atoms with Crippen LogP contribution in [-0.2, 0) is 0 Å². The van der Waals surface area contributed by atoms with Crippen LogP contribution in [0, 0.1) is 5.92 Å². The van der Waals surface area contributed by atoms with Gasteiger partial charge in [0.2, 0.25) is 0 Å². The molecule has 0 spiro atoms. The average Bonchev–Trinajstić information content (AvgIpc) is 2.11. The Morgan fingerprint density at radius 2 is 2.31 bits per heavy atom. The molecule has 3 N–H and O–H groups in total. The Labute approximate surface area is 80.9 Å². The highest BCUT2D eigenvalue weighted by Gasteiger charge is 2.23. The van der Waals surface area contributed by atoms with Crippen LogP contribution in [0.5, 0.6) is 0 Å². The molecule has 0 amide bonds. The van der Waals surface area contributed by atoms with Gasteiger partial charge in [-0.2, -0.15) is 0 Å². The summed E-state index contributed by atoms with van der Waals surface area (Å²) in [6.07, 6.45) is 1.82. The number of piperidine rings is 1. The molecule has 13 heavy (non-hydrogen) atoms. The van der Waals surface area contributed by atoms with Crippen LogP contribution in [0.4, 0.5) is 0 Å². The molecule has 3 nitrogen and oxygen atoms in total. The van der Waals surface area contributed by atoms with E-state index in [4.69, 9.17) is 5.73 Å². The molecule has 0 aromatic rings. The fraction of sp³-hybridized carbons (Fsp3) is 1.00. The molecular weight excluding hydrogens is 164 g/mol. The molecule has 1 aliphatic heterocycles. The van der Waals surface area contributed by atoms with Crippen LogP contribution < -0.4 is 5.73 Å². The van der Waals surface area contributed by atoms with E-state index < -0.39 is 0 Å². The van der Waals surface area contributed by atoms with E-state index in [1.165, 1.54) is 0 Å². The fourth-order valence-corrected chi connectivity index (χ4v) is 1.76. The van der Waals surface area contributed by atoms with Gasteiger partial charge in [-0.25, -0.2) is 0 Å². The molecule has 0 saturated carbocycles. The predicted octanol–water partition coefficient (Wildman–Crippen LogP) is 0.426. The summed E-state index contributed by atoms with van der Waals surface area (Å²) >= 11 is 0. The van der Waals surface area contributed by atoms with Crippen molar-refractivity contribution in [2.24, 2.45) is 11.7 Å². The van der Waals surface area contributed by atoms with E-state index in [1.807, 2.05) is 6.92 Å². The molecule has 1 heterocycles. The zero-order chi connectivity index (χ0) is 9.84. The Morgan fingerprint density at radius 1 is 1.62 bits per heavy atom. The second kappa shape index (κ2) is 4.94. The van der Waals surface area contributed by atoms with Gasteiger partial charge in [0.25, 0.3) is 0 Å². The van der Waals surface area contributed by atoms with Gasteiger partial charge in [0.05, 0.1) is 6.10 Å². The van der Waals surface area contributed by atoms with E-state index in [1.54, 1.807) is 0 Å². The Bertz CT molecular complexity index is 150. The number of rotatable bonds is 3. The van der Waals surface area contributed by atoms with Crippen LogP contribution in [0.25, 0.3) is 0 Å². The van der Waals surface area contributed by atoms with Crippen molar-refractivity contribution in [1.82, 2.24) is 4.90 Å². The van der Waals surface area contributed by atoms with Gasteiger partial charge < -0.3 is 10.8 Å². The molecule has 0 radical (unpaired) electrons. The van der Waals surface area contributed by atoms with Crippen LogP contribution >= 0.6 is 0 Å². The molecule has 1 fully saturated rings. The van der Waals surface area contributed by atoms with Gasteiger partial charge in [0, 0.05) is 19.1 Å². The Morgan fingerprint density at radius 3 is 2.85 bits per heavy atom. The molecule has 0 aromatic heterocycles. The van der Waals surface area contributed by atoms with Crippen molar-refractivity contribution in [3.63, 3.8) is 0 Å². The molecule has 1 aliphatic rings. The molecule has 78 valence electrons. The highest BCUT2D eigenvalue weighted by atomic mass is 16.3. The smallest absolute Gasteiger partial charge is 0.0664 e. The number of β-amino-alcohol motifs (C(OH)–C–C–N with tert-alkyl or cyclic N) is 1. The summed E-state index contributed by atoms with van der Waals surface area (Å²) in [5.41, 5.74) is 5.96. The first kappa shape index (κ1) is 11.0. The largest absolute Gasteiger partial charge is 0.392 e. The highest BCUT2D eigenvalue weighted by molar-refractivity contribution is 4.81. The number of nitrogens with two attached hydrogens (primary N) is 1. The van der Waals surface area contributed by atoms with Crippen LogP contribution in [0.15, 0.2) is 0 Å². The predicted molar refractivity (Wildman–Crippen MR) is 54.5 cm³/mol. The van der Waals surface area contributed by atoms with E-state index in [9.17, 15) is 5.11 Å². The van der Waals surface area contributed by atoms with Gasteiger partial charge in [-0.05, 0) is 25.3 Å². The number of aliphatic hydroxyl groups is 1. The van der Waals surface area contributed by atoms with E-state index >= 15 is 0 Å². The van der Waals surface area contributed by atoms with Crippen LogP contribution in [0.2, 0.25) is 0 Å². The number of likely N-dealkylation sites (tertiary alicyclic amines) is 1. The maximum atomic E-state index is 9.48. The monoisotopic (exact) mass is 186 g/mol. The van der Waals surface area contributed by atoms with Crippen molar-refractivity contribution in [2.45, 2.75) is 38.8 Å². The normalized spacial score (nSPS) is 33.2. The van der Waals surface area contributed by atoms with Crippen LogP contribution in [0.3, 0.4) is 0 Å². The van der Waals surface area contributed by atoms with Crippen molar-refractivity contribution in [3.05, 3.63) is 0 Å². The molecule has 1 rings (SSSR count). The van der Waals surface area contributed by atoms with E-state index in [2.05, 4.69) is 11.8 Å². The second-order valence-corrected chi connectivity index (χ2v) is 4.25. The maximum absolute atomic E-state index is 9.48. The summed E-state index contributed by atoms with van der Waals surface area (Å²) in [5, 5.41) is 9.48. The van der Waals surface area contributed by atoms with Gasteiger partial charge in [-0.3, -0.25) is 4.90 Å². The van der Waals surface area contributed by atoms with E-state index in [0.717, 1.165) is 32.5 Å². The lowest BCUT2D eigenvalue weighted by Crippen LogP contribution is -2.49. The van der Waals surface area contributed by atoms with Crippen molar-refractivity contribution < 1.29 is 5.11 Å². The van der Waals surface area contributed by atoms with Gasteiger partial charge in [0.15, 0.2) is 0 Å². The first-order valence-corrected chi connectivity index (χ1v) is 5.29. The third-order valence-electron chi connectivity index (χ3n) is 3.04. The van der Waals surface area contributed by atoms with Gasteiger partial charge in [-0.15, -0.1) is 0 Å². The lowest BCUT2D eigenvalue weighted by atomic mass is 9.94. The quantitative estimate of drug-likeness (QED) is 0.672. The van der Waals surface area contributed by atoms with Crippen LogP contribution in [0.1, 0.15) is 26.7 Å². The Kier molecular flexibility index (Phi) is 4.16. The lowest BCUT2D eigenvalue weighted by Gasteiger charge is -2.35. The molecule has 3 atom stereocenters. The summed E-state index contributed by atoms with van der Waals surface area (Å²) in [4.78, 5) is 2.28. The Hall–Kier alpha value is -0.120. The lowest BCUT2D eigenvalue weighted by molar-refractivity contribution is 0.0816. The topological polar surface area (TPSA) is 49.5 Å². The minimum atomic E-state index is -0.180. The number of hydrogen-bond acceptors (Lipinski definition) is 3. The first-order valence-electron chi connectivity index (χ1n) is 5.29. The van der Waals surface area contributed by atoms with Crippen molar-refractivity contribution in [1.29, 1.82) is 0 Å². The molecular formula is C10H22N2O. The fourth-order valence-electron chi connectivity index (χ4n) is 1.76. The number of aliphatic hydroxyl groups excluding tert-OH is 1. The summed E-state index contributed by atoms with van der Waals surface area (Å²) in [5.74, 6) is 0.634. The standard InChI is InChI=1S/C10H22N2O/c1-3-9(13)6-12-5-4-8(2)10(11)7-12/h8-10,13H,3-7,11H2,1-2H3. The van der Waals surface area contributed by atoms with E-state index in [0.29, 0.717) is 5.92 Å². The summed E-state index contributed by atoms with van der Waals surface area (Å²) in [6.45, 7) is 7.04. The zero-order valence-electron chi connectivity index (χ0n) is 8.74. The van der Waals surface area contributed by atoms with Gasteiger partial charge >= 0.3 is 0 Å². The second-order valence-electron chi connectivity index (χ2n) is 4.25. The van der Waals surface area contributed by atoms with Crippen molar-refractivity contribution in [3.8, 4) is 0 Å². The van der Waals surface area contributed by atoms with Crippen molar-refractivity contribution in [2.75, 3.05) is 19.6 Å². The third-order valence-corrected chi connectivity index (χ3v) is 3.04. The van der Waals surface area contributed by atoms with Gasteiger partial charge in [-0.1, -0.05) is 13.8 Å². The molecule has 1 saturated heterocycles. The first-order chi connectivity index (χ1) is 6.13. The summed E-state index contributed by atoms with van der Waals surface area (Å²) in [6, 6.07) is 0.290. The highest BCUT2D eigenvalue weighted by Crippen LogP contribution is 2.15. The third kappa shape index (κ3) is 3.25. The SMILES string of the molecule is CCC(O)CN1CCC(C)C(N)C1. The molecule has 0 aliphatic carbocycles. The zero-order valence-corrected chi connectivity index (χ0v) is 8.74. The molecule has 0 aromatic carbocycles. The minimum absolute atomic E-state index is 0.180. The summed E-state index contributed by atoms with van der Waals surface area (Å²) < 4.78 is 0.